The van der Waals surface area contributed by atoms with Gasteiger partial charge < -0.3 is 27.1 Å². The molecule has 65 heavy (non-hydrogen) atoms. The third kappa shape index (κ3) is 4.67. The maximum Gasteiger partial charge on any atom is 0.135 e. The lowest BCUT2D eigenvalue weighted by Crippen LogP contribution is -1.98. The molecule has 1 aliphatic rings. The smallest absolute Gasteiger partial charge is 0.135 e. The van der Waals surface area contributed by atoms with Crippen LogP contribution in [-0.2, 0) is 0 Å². The van der Waals surface area contributed by atoms with Gasteiger partial charge in [0.05, 0.1) is 44.1 Å². The first kappa shape index (κ1) is 35.0. The number of hydrogen-bond donors (Lipinski definition) is 0. The number of rotatable bonds is 4. The van der Waals surface area contributed by atoms with Gasteiger partial charge in [0.1, 0.15) is 22.5 Å². The molecule has 0 bridgehead atoms. The Bertz CT molecular complexity index is 4350. The van der Waals surface area contributed by atoms with Gasteiger partial charge >= 0.3 is 0 Å². The largest absolute Gasteiger partial charge is 0.460 e. The lowest BCUT2D eigenvalue weighted by Gasteiger charge is -2.13. The van der Waals surface area contributed by atoms with Gasteiger partial charge in [-0.25, -0.2) is 0 Å². The fourth-order valence-electron chi connectivity index (χ4n) is 11.4. The predicted molar refractivity (Wildman–Crippen MR) is 268 cm³/mol. The van der Waals surface area contributed by atoms with Gasteiger partial charge in [-0.15, -0.1) is 0 Å². The van der Waals surface area contributed by atoms with E-state index in [9.17, 15) is 0 Å². The van der Waals surface area contributed by atoms with Gasteiger partial charge in [0.15, 0.2) is 0 Å². The normalized spacial score (nSPS) is 14.3. The van der Waals surface area contributed by atoms with Crippen molar-refractivity contribution in [3.63, 3.8) is 0 Å². The molecule has 0 amide bonds. The van der Waals surface area contributed by atoms with Gasteiger partial charge in [0, 0.05) is 71.9 Å². The van der Waals surface area contributed by atoms with Gasteiger partial charge in [-0.1, -0.05) is 116 Å². The van der Waals surface area contributed by atoms with Crippen molar-refractivity contribution in [2.24, 2.45) is 0 Å². The average Bonchev–Trinajstić information content (AvgIpc) is 4.20. The van der Waals surface area contributed by atoms with Crippen molar-refractivity contribution in [1.82, 2.24) is 18.3 Å². The first-order valence-corrected chi connectivity index (χ1v) is 22.5. The Balaban J connectivity index is 0.985. The molecule has 1 aliphatic carbocycles. The van der Waals surface area contributed by atoms with Crippen LogP contribution in [0.15, 0.2) is 197 Å². The fraction of sp³-hybridized carbons (Fsp3) is 0.0508. The van der Waals surface area contributed by atoms with Crippen molar-refractivity contribution in [2.75, 3.05) is 0 Å². The van der Waals surface area contributed by atoms with Gasteiger partial charge in [-0.3, -0.25) is 0 Å². The summed E-state index contributed by atoms with van der Waals surface area (Å²) >= 11 is 0. The molecule has 1 atom stereocenters. The molecule has 6 heteroatoms. The highest BCUT2D eigenvalue weighted by atomic mass is 16.3. The summed E-state index contributed by atoms with van der Waals surface area (Å²) in [6.45, 7) is 2.25. The monoisotopic (exact) mass is 834 g/mol. The SMILES string of the molecule is CC1CC=Cc2c1oc1ccc(-n3c4ccccc4c4c3c3ccccc3n4-c3cccc(-n4c5ccccc5c5c4c4ccccc4n5-c4ccc5oc6ccccc6c5c4)c3)cc21. The summed E-state index contributed by atoms with van der Waals surface area (Å²) in [7, 11) is 0. The van der Waals surface area contributed by atoms with Crippen LogP contribution >= 0.6 is 0 Å². The second-order valence-corrected chi connectivity index (χ2v) is 17.7. The van der Waals surface area contributed by atoms with Crippen LogP contribution in [0.5, 0.6) is 0 Å². The molecule has 0 spiro atoms. The standard InChI is InChI=1S/C59H38N4O2/c1-35-14-12-22-41-47-34-39(29-31-54(47)65-59(35)41)63-51-26-10-5-21-45(51)56-58(63)43-19-3-8-24-49(43)61(56)37-16-13-15-36(32-37)60-48-23-7-2-18-42(48)57-55(60)44-20-4-9-25-50(44)62(57)38-28-30-53-46(33-38)40-17-6-11-27-52(40)64-53/h2-13,15-35H,14H2,1H3. The summed E-state index contributed by atoms with van der Waals surface area (Å²) in [6.07, 6.45) is 5.52. The first-order chi connectivity index (χ1) is 32.2. The molecular weight excluding hydrogens is 797 g/mol. The number of nitrogens with zero attached hydrogens (tertiary/aromatic N) is 4. The van der Waals surface area contributed by atoms with Crippen molar-refractivity contribution in [3.05, 3.63) is 199 Å². The van der Waals surface area contributed by atoms with E-state index in [4.69, 9.17) is 8.83 Å². The first-order valence-electron chi connectivity index (χ1n) is 22.5. The lowest BCUT2D eigenvalue weighted by molar-refractivity contribution is 0.504. The summed E-state index contributed by atoms with van der Waals surface area (Å²) in [4.78, 5) is 0. The van der Waals surface area contributed by atoms with Crippen LogP contribution < -0.4 is 0 Å². The minimum absolute atomic E-state index is 0.358. The predicted octanol–water partition coefficient (Wildman–Crippen LogP) is 15.9. The number of allylic oxidation sites excluding steroid dienone is 1. The van der Waals surface area contributed by atoms with E-state index in [-0.39, 0.29) is 0 Å². The van der Waals surface area contributed by atoms with Crippen molar-refractivity contribution < 1.29 is 8.83 Å². The van der Waals surface area contributed by atoms with E-state index in [0.717, 1.165) is 84.4 Å². The van der Waals surface area contributed by atoms with Gasteiger partial charge in [-0.05, 0) is 91.3 Å². The molecule has 0 N–H and O–H groups in total. The van der Waals surface area contributed by atoms with E-state index in [1.54, 1.807) is 0 Å². The third-order valence-electron chi connectivity index (χ3n) is 14.1. The fourth-order valence-corrected chi connectivity index (χ4v) is 11.4. The topological polar surface area (TPSA) is 46.0 Å². The molecule has 1 unspecified atom stereocenters. The van der Waals surface area contributed by atoms with Gasteiger partial charge in [-0.2, -0.15) is 0 Å². The zero-order valence-electron chi connectivity index (χ0n) is 35.4. The quantitative estimate of drug-likeness (QED) is 0.177. The number of hydrogen-bond acceptors (Lipinski definition) is 2. The van der Waals surface area contributed by atoms with Crippen LogP contribution in [0.4, 0.5) is 0 Å². The van der Waals surface area contributed by atoms with Crippen LogP contribution in [0.1, 0.15) is 30.6 Å². The molecule has 0 fully saturated rings. The van der Waals surface area contributed by atoms with E-state index in [1.165, 1.54) is 54.7 Å². The maximum absolute atomic E-state index is 6.48. The van der Waals surface area contributed by atoms with Crippen LogP contribution in [0.3, 0.4) is 0 Å². The van der Waals surface area contributed by atoms with Crippen LogP contribution in [0.25, 0.3) is 127 Å². The summed E-state index contributed by atoms with van der Waals surface area (Å²) < 4.78 is 22.6. The van der Waals surface area contributed by atoms with Crippen LogP contribution in [0, 0.1) is 0 Å². The average molecular weight is 835 g/mol. The Morgan fingerprint density at radius 3 is 1.31 bits per heavy atom. The Morgan fingerprint density at radius 1 is 0.369 bits per heavy atom. The Kier molecular flexibility index (Phi) is 6.90. The zero-order valence-corrected chi connectivity index (χ0v) is 35.4. The molecule has 0 saturated carbocycles. The number of para-hydroxylation sites is 5. The number of fused-ring (bicyclic) bond motifs is 16. The molecule has 14 aromatic rings. The minimum Gasteiger partial charge on any atom is -0.460 e. The van der Waals surface area contributed by atoms with Gasteiger partial charge in [0.25, 0.3) is 0 Å². The van der Waals surface area contributed by atoms with Gasteiger partial charge in [0.2, 0.25) is 0 Å². The van der Waals surface area contributed by atoms with E-state index < -0.39 is 0 Å². The van der Waals surface area contributed by atoms with Crippen LogP contribution in [-0.4, -0.2) is 18.3 Å². The highest BCUT2D eigenvalue weighted by molar-refractivity contribution is 6.22. The van der Waals surface area contributed by atoms with Crippen molar-refractivity contribution in [3.8, 4) is 22.7 Å². The van der Waals surface area contributed by atoms with E-state index in [0.29, 0.717) is 5.92 Å². The molecule has 0 radical (unpaired) electrons. The summed E-state index contributed by atoms with van der Waals surface area (Å²) in [5.74, 6) is 1.44. The Labute approximate surface area is 371 Å². The second kappa shape index (κ2) is 12.8. The lowest BCUT2D eigenvalue weighted by atomic mass is 9.94. The summed E-state index contributed by atoms with van der Waals surface area (Å²) in [5.41, 5.74) is 17.7. The number of aromatic nitrogens is 4. The highest BCUT2D eigenvalue weighted by Gasteiger charge is 2.26. The number of furan rings is 2. The molecule has 6 heterocycles. The van der Waals surface area contributed by atoms with E-state index >= 15 is 0 Å². The zero-order chi connectivity index (χ0) is 42.5. The van der Waals surface area contributed by atoms with Crippen molar-refractivity contribution in [1.29, 1.82) is 0 Å². The number of benzene rings is 8. The minimum atomic E-state index is 0.358. The highest BCUT2D eigenvalue weighted by Crippen LogP contribution is 2.45. The molecule has 0 saturated heterocycles. The van der Waals surface area contributed by atoms with Crippen molar-refractivity contribution >= 4 is 105 Å². The molecular formula is C59H38N4O2. The second-order valence-electron chi connectivity index (χ2n) is 17.7. The third-order valence-corrected chi connectivity index (χ3v) is 14.1. The molecule has 0 aliphatic heterocycles. The summed E-state index contributed by atoms with van der Waals surface area (Å²) in [6, 6.07) is 66.1. The molecule has 6 aromatic heterocycles. The maximum atomic E-state index is 6.48. The van der Waals surface area contributed by atoms with Crippen molar-refractivity contribution in [2.45, 2.75) is 19.3 Å². The Morgan fingerprint density at radius 2 is 0.785 bits per heavy atom. The molecule has 15 rings (SSSR count). The molecule has 306 valence electrons. The Hall–Kier alpha value is -8.48. The van der Waals surface area contributed by atoms with E-state index in [2.05, 4.69) is 207 Å². The molecule has 6 nitrogen and oxygen atoms in total. The van der Waals surface area contributed by atoms with Crippen LogP contribution in [0.2, 0.25) is 0 Å². The van der Waals surface area contributed by atoms with E-state index in [1.807, 2.05) is 12.1 Å². The molecule has 8 aromatic carbocycles. The summed E-state index contributed by atoms with van der Waals surface area (Å²) in [5, 5.41) is 8.18.